The molecule has 0 fully saturated rings. The second-order valence-electron chi connectivity index (χ2n) is 8.32. The van der Waals surface area contributed by atoms with Crippen LogP contribution >= 0.6 is 0 Å². The topological polar surface area (TPSA) is 132 Å². The number of aliphatic carboxylic acids is 1. The van der Waals surface area contributed by atoms with Gasteiger partial charge in [0.05, 0.1) is 56.3 Å². The molecule has 0 spiro atoms. The first-order valence-electron chi connectivity index (χ1n) is 12.6. The number of esters is 1. The second-order valence-corrected chi connectivity index (χ2v) is 8.32. The number of ether oxygens (including phenoxy) is 4. The molecular formula is C27H33F3N2O8. The maximum atomic E-state index is 13.0. The molecule has 3 N–H and O–H groups in total. The normalized spacial score (nSPS) is 11.2. The Hall–Kier alpha value is -3.68. The highest BCUT2D eigenvalue weighted by atomic mass is 19.4. The van der Waals surface area contributed by atoms with Gasteiger partial charge in [-0.15, -0.1) is 0 Å². The van der Waals surface area contributed by atoms with Gasteiger partial charge in [-0.05, 0) is 36.8 Å². The lowest BCUT2D eigenvalue weighted by molar-refractivity contribution is -0.139. The molecule has 0 saturated heterocycles. The second kappa shape index (κ2) is 17.8. The Morgan fingerprint density at radius 3 is 2.12 bits per heavy atom. The summed E-state index contributed by atoms with van der Waals surface area (Å²) in [6, 6.07) is 11.0. The fraction of sp³-hybridized carbons (Fsp3) is 0.444. The zero-order valence-electron chi connectivity index (χ0n) is 21.8. The van der Waals surface area contributed by atoms with Gasteiger partial charge in [-0.3, -0.25) is 9.59 Å². The van der Waals surface area contributed by atoms with Crippen molar-refractivity contribution in [3.05, 3.63) is 59.7 Å². The molecule has 0 aromatic heterocycles. The average Bonchev–Trinajstić information content (AvgIpc) is 2.92. The van der Waals surface area contributed by atoms with Crippen LogP contribution in [0, 0.1) is 0 Å². The summed E-state index contributed by atoms with van der Waals surface area (Å²) in [5.41, 5.74) is -0.143. The summed E-state index contributed by atoms with van der Waals surface area (Å²) in [7, 11) is 0. The maximum Gasteiger partial charge on any atom is 0.416 e. The molecule has 0 aliphatic carbocycles. The van der Waals surface area contributed by atoms with Crippen LogP contribution in [0.3, 0.4) is 0 Å². The van der Waals surface area contributed by atoms with Gasteiger partial charge in [-0.1, -0.05) is 18.2 Å². The van der Waals surface area contributed by atoms with Crippen LogP contribution in [0.4, 0.5) is 24.5 Å². The fourth-order valence-electron chi connectivity index (χ4n) is 3.22. The monoisotopic (exact) mass is 570 g/mol. The molecule has 13 heteroatoms. The summed E-state index contributed by atoms with van der Waals surface area (Å²) in [6.45, 7) is 2.21. The van der Waals surface area contributed by atoms with E-state index in [-0.39, 0.29) is 49.8 Å². The van der Waals surface area contributed by atoms with Crippen molar-refractivity contribution in [3.8, 4) is 0 Å². The van der Waals surface area contributed by atoms with Crippen LogP contribution in [0.2, 0.25) is 0 Å². The molecule has 2 rings (SSSR count). The van der Waals surface area contributed by atoms with E-state index in [1.165, 1.54) is 18.2 Å². The lowest BCUT2D eigenvalue weighted by atomic mass is 10.1. The Morgan fingerprint density at radius 1 is 0.800 bits per heavy atom. The van der Waals surface area contributed by atoms with Crippen molar-refractivity contribution in [2.45, 2.75) is 25.4 Å². The van der Waals surface area contributed by atoms with Crippen molar-refractivity contribution in [3.63, 3.8) is 0 Å². The number of carbonyl (C=O) groups is 3. The van der Waals surface area contributed by atoms with E-state index >= 15 is 0 Å². The van der Waals surface area contributed by atoms with Crippen molar-refractivity contribution < 1.29 is 51.6 Å². The van der Waals surface area contributed by atoms with Gasteiger partial charge in [0, 0.05) is 25.3 Å². The van der Waals surface area contributed by atoms with Crippen LogP contribution in [0.25, 0.3) is 0 Å². The first-order chi connectivity index (χ1) is 19.2. The molecule has 0 atom stereocenters. The van der Waals surface area contributed by atoms with Crippen molar-refractivity contribution >= 4 is 29.2 Å². The molecular weight excluding hydrogens is 537 g/mol. The molecule has 1 amide bonds. The molecule has 2 aromatic rings. The van der Waals surface area contributed by atoms with Gasteiger partial charge in [0.25, 0.3) is 0 Å². The summed E-state index contributed by atoms with van der Waals surface area (Å²) in [4.78, 5) is 34.2. The third-order valence-electron chi connectivity index (χ3n) is 5.17. The van der Waals surface area contributed by atoms with E-state index in [9.17, 15) is 27.6 Å². The molecule has 0 radical (unpaired) electrons. The van der Waals surface area contributed by atoms with E-state index < -0.39 is 23.7 Å². The zero-order valence-corrected chi connectivity index (χ0v) is 21.8. The molecule has 0 unspecified atom stereocenters. The Morgan fingerprint density at radius 2 is 1.45 bits per heavy atom. The highest BCUT2D eigenvalue weighted by Gasteiger charge is 2.30. The van der Waals surface area contributed by atoms with Crippen LogP contribution in [0.15, 0.2) is 48.5 Å². The highest BCUT2D eigenvalue weighted by molar-refractivity contribution is 5.96. The molecule has 0 aliphatic rings. The third-order valence-corrected chi connectivity index (χ3v) is 5.17. The van der Waals surface area contributed by atoms with E-state index in [0.717, 1.165) is 12.1 Å². The summed E-state index contributed by atoms with van der Waals surface area (Å²) >= 11 is 0. The predicted molar refractivity (Wildman–Crippen MR) is 138 cm³/mol. The van der Waals surface area contributed by atoms with Crippen LogP contribution in [0.5, 0.6) is 0 Å². The number of benzene rings is 2. The number of halogens is 3. The average molecular weight is 571 g/mol. The number of hydrogen-bond acceptors (Lipinski definition) is 8. The Balaban J connectivity index is 1.53. The van der Waals surface area contributed by atoms with E-state index in [4.69, 9.17) is 24.1 Å². The zero-order chi connectivity index (χ0) is 29.2. The minimum absolute atomic E-state index is 0.0211. The van der Waals surface area contributed by atoms with Crippen molar-refractivity contribution in [2.75, 3.05) is 58.1 Å². The Kier molecular flexibility index (Phi) is 14.5. The molecule has 0 aliphatic heterocycles. The van der Waals surface area contributed by atoms with E-state index in [0.29, 0.717) is 45.1 Å². The van der Waals surface area contributed by atoms with Gasteiger partial charge in [0.15, 0.2) is 0 Å². The van der Waals surface area contributed by atoms with E-state index in [2.05, 4.69) is 10.6 Å². The van der Waals surface area contributed by atoms with Gasteiger partial charge in [0.2, 0.25) is 5.91 Å². The van der Waals surface area contributed by atoms with Crippen molar-refractivity contribution in [2.24, 2.45) is 0 Å². The number of anilines is 2. The van der Waals surface area contributed by atoms with Gasteiger partial charge >= 0.3 is 18.1 Å². The minimum Gasteiger partial charge on any atom is -0.481 e. The summed E-state index contributed by atoms with van der Waals surface area (Å²) in [6.07, 6.45) is -4.14. The minimum atomic E-state index is -4.48. The third kappa shape index (κ3) is 13.4. The molecule has 0 saturated carbocycles. The summed E-state index contributed by atoms with van der Waals surface area (Å²) in [5, 5.41) is 14.0. The standard InChI is InChI=1S/C27H33F3N2O8/c28-27(29,30)20-5-3-6-21(19-20)32-23-8-2-1-7-22(23)26(36)40-18-17-39-16-15-38-14-13-37-12-4-11-31-24(33)9-10-25(34)35/h1-3,5-8,19,32H,4,9-18H2,(H,31,33)(H,34,35). The Bertz CT molecular complexity index is 1080. The number of alkyl halides is 3. The SMILES string of the molecule is O=C(O)CCC(=O)NCCCOCCOCCOCCOC(=O)c1ccccc1Nc1cccc(C(F)(F)F)c1. The summed E-state index contributed by atoms with van der Waals surface area (Å²) < 4.78 is 60.3. The first-order valence-corrected chi connectivity index (χ1v) is 12.6. The van der Waals surface area contributed by atoms with E-state index in [1.54, 1.807) is 18.2 Å². The Labute approximate surface area is 229 Å². The van der Waals surface area contributed by atoms with Crippen LogP contribution in [-0.2, 0) is 34.7 Å². The van der Waals surface area contributed by atoms with Crippen LogP contribution in [0.1, 0.15) is 35.2 Å². The van der Waals surface area contributed by atoms with Crippen molar-refractivity contribution in [1.29, 1.82) is 0 Å². The number of amides is 1. The number of carboxylic acids is 1. The molecule has 0 heterocycles. The number of hydrogen-bond donors (Lipinski definition) is 3. The van der Waals surface area contributed by atoms with Gasteiger partial charge < -0.3 is 34.7 Å². The highest BCUT2D eigenvalue weighted by Crippen LogP contribution is 2.32. The summed E-state index contributed by atoms with van der Waals surface area (Å²) in [5.74, 6) is -1.97. The lowest BCUT2D eigenvalue weighted by Crippen LogP contribution is -2.25. The number of rotatable bonds is 19. The van der Waals surface area contributed by atoms with Gasteiger partial charge in [-0.2, -0.15) is 13.2 Å². The molecule has 2 aromatic carbocycles. The smallest absolute Gasteiger partial charge is 0.416 e. The largest absolute Gasteiger partial charge is 0.481 e. The fourth-order valence-corrected chi connectivity index (χ4v) is 3.22. The molecule has 0 bridgehead atoms. The molecule has 40 heavy (non-hydrogen) atoms. The number of nitrogens with one attached hydrogen (secondary N) is 2. The predicted octanol–water partition coefficient (Wildman–Crippen LogP) is 4.03. The van der Waals surface area contributed by atoms with Crippen LogP contribution < -0.4 is 10.6 Å². The first kappa shape index (κ1) is 32.5. The van der Waals surface area contributed by atoms with E-state index in [1.807, 2.05) is 0 Å². The number of carboxylic acid groups (broad SMARTS) is 1. The molecule has 220 valence electrons. The van der Waals surface area contributed by atoms with Crippen LogP contribution in [-0.4, -0.2) is 75.7 Å². The number of para-hydroxylation sites is 1. The van der Waals surface area contributed by atoms with Gasteiger partial charge in [0.1, 0.15) is 6.61 Å². The van der Waals surface area contributed by atoms with Gasteiger partial charge in [-0.25, -0.2) is 4.79 Å². The maximum absolute atomic E-state index is 13.0. The van der Waals surface area contributed by atoms with Crippen molar-refractivity contribution in [1.82, 2.24) is 5.32 Å². The lowest BCUT2D eigenvalue weighted by Gasteiger charge is -2.13. The number of carbonyl (C=O) groups excluding carboxylic acids is 2. The quantitative estimate of drug-likeness (QED) is 0.169. The molecule has 10 nitrogen and oxygen atoms in total.